The van der Waals surface area contributed by atoms with Gasteiger partial charge in [-0.2, -0.15) is 0 Å². The van der Waals surface area contributed by atoms with E-state index in [1.807, 2.05) is 27.7 Å². The van der Waals surface area contributed by atoms with Gasteiger partial charge in [0.15, 0.2) is 0 Å². The summed E-state index contributed by atoms with van der Waals surface area (Å²) < 4.78 is 0. The quantitative estimate of drug-likeness (QED) is 0.467. The molecule has 2 N–H and O–H groups in total. The largest absolute Gasteiger partial charge is 0.480 e. The van der Waals surface area contributed by atoms with Gasteiger partial charge in [-0.25, -0.2) is 0 Å². The number of unbranched alkanes of at least 4 members (excludes halogenated alkanes) is 2. The predicted octanol–water partition coefficient (Wildman–Crippen LogP) is 4.60. The molecule has 1 aromatic carbocycles. The van der Waals surface area contributed by atoms with Gasteiger partial charge in [0, 0.05) is 11.0 Å². The Labute approximate surface area is 153 Å². The van der Waals surface area contributed by atoms with E-state index in [0.29, 0.717) is 6.42 Å². The van der Waals surface area contributed by atoms with Crippen LogP contribution in [0.25, 0.3) is 0 Å². The second kappa shape index (κ2) is 10.4. The van der Waals surface area contributed by atoms with Gasteiger partial charge in [0.05, 0.1) is 0 Å². The summed E-state index contributed by atoms with van der Waals surface area (Å²) in [5.41, 5.74) is 3.56. The molecule has 134 valence electrons. The number of carbonyl (C=O) groups is 1. The molecule has 0 spiro atoms. The Morgan fingerprint density at radius 3 is 2.79 bits per heavy atom. The van der Waals surface area contributed by atoms with Crippen molar-refractivity contribution in [2.45, 2.75) is 63.7 Å². The summed E-state index contributed by atoms with van der Waals surface area (Å²) in [7, 11) is 4.04. The van der Waals surface area contributed by atoms with E-state index in [1.165, 1.54) is 42.6 Å². The van der Waals surface area contributed by atoms with E-state index in [9.17, 15) is 9.90 Å². The molecule has 0 unspecified atom stereocenters. The Hall–Kier alpha value is -0.650. The van der Waals surface area contributed by atoms with Gasteiger partial charge in [0.1, 0.15) is 6.04 Å². The molecule has 3 nitrogen and oxygen atoms in total. The van der Waals surface area contributed by atoms with Gasteiger partial charge in [-0.3, -0.25) is 4.79 Å². The Balaban J connectivity index is 1.67. The number of nitrogens with one attached hydrogen (secondary N) is 1. The van der Waals surface area contributed by atoms with Crippen LogP contribution in [0.4, 0.5) is 0 Å². The highest BCUT2D eigenvalue weighted by molar-refractivity contribution is 8.77. The summed E-state index contributed by atoms with van der Waals surface area (Å²) in [6, 6.07) is 5.72. The lowest BCUT2D eigenvalue weighted by Gasteiger charge is -2.15. The second-order valence-electron chi connectivity index (χ2n) is 6.65. The van der Waals surface area contributed by atoms with Crippen molar-refractivity contribution < 1.29 is 9.90 Å². The summed E-state index contributed by atoms with van der Waals surface area (Å²) >= 11 is 0. The number of hydrogen-bond acceptors (Lipinski definition) is 4. The van der Waals surface area contributed by atoms with Crippen LogP contribution in [0.1, 0.15) is 48.8 Å². The average molecular weight is 368 g/mol. The van der Waals surface area contributed by atoms with Crippen LogP contribution in [0.5, 0.6) is 0 Å². The molecular formula is C19H29NO2S2. The zero-order chi connectivity index (χ0) is 17.4. The number of aryl methyl sites for hydroxylation is 2. The van der Waals surface area contributed by atoms with Crippen LogP contribution < -0.4 is 5.32 Å². The lowest BCUT2D eigenvalue weighted by molar-refractivity contribution is -0.139. The van der Waals surface area contributed by atoms with E-state index in [-0.39, 0.29) is 0 Å². The summed E-state index contributed by atoms with van der Waals surface area (Å²) in [5, 5.41) is 13.5. The average Bonchev–Trinajstić information content (AvgIpc) is 3.06. The highest BCUT2D eigenvalue weighted by Gasteiger charge is 2.18. The number of carboxylic acid groups (broad SMARTS) is 1. The van der Waals surface area contributed by atoms with Gasteiger partial charge in [-0.1, -0.05) is 52.6 Å². The van der Waals surface area contributed by atoms with E-state index in [4.69, 9.17) is 0 Å². The van der Waals surface area contributed by atoms with Crippen molar-refractivity contribution in [2.24, 2.45) is 0 Å². The molecule has 0 bridgehead atoms. The fourth-order valence-corrected chi connectivity index (χ4v) is 5.96. The smallest absolute Gasteiger partial charge is 0.321 e. The van der Waals surface area contributed by atoms with E-state index in [2.05, 4.69) is 31.3 Å². The van der Waals surface area contributed by atoms with E-state index in [0.717, 1.165) is 23.8 Å². The van der Waals surface area contributed by atoms with Crippen molar-refractivity contribution in [3.63, 3.8) is 0 Å². The maximum Gasteiger partial charge on any atom is 0.321 e. The first kappa shape index (κ1) is 19.7. The molecular weight excluding hydrogens is 338 g/mol. The van der Waals surface area contributed by atoms with Gasteiger partial charge in [-0.05, 0) is 62.8 Å². The van der Waals surface area contributed by atoms with Crippen molar-refractivity contribution in [3.05, 3.63) is 34.9 Å². The lowest BCUT2D eigenvalue weighted by Crippen LogP contribution is -2.39. The molecule has 1 aliphatic heterocycles. The van der Waals surface area contributed by atoms with Crippen LogP contribution in [-0.2, 0) is 11.2 Å². The zero-order valence-corrected chi connectivity index (χ0v) is 16.3. The molecule has 2 rings (SSSR count). The van der Waals surface area contributed by atoms with Crippen LogP contribution in [0.2, 0.25) is 0 Å². The first-order chi connectivity index (χ1) is 11.6. The van der Waals surface area contributed by atoms with Crippen molar-refractivity contribution in [2.75, 3.05) is 12.3 Å². The minimum absolute atomic E-state index is 0.492. The topological polar surface area (TPSA) is 49.3 Å². The Morgan fingerprint density at radius 2 is 2.12 bits per heavy atom. The molecule has 0 radical (unpaired) electrons. The standard InChI is InChI=1S/C19H29NO2S2/c1-14-7-8-16(12-15(14)2)13-18(19(21)22)20-10-5-3-4-6-17-9-11-23-24-17/h7-8,12,17-18,20H,3-6,9-11,13H2,1-2H3,(H,21,22)/t17-,18+/m1/s1. The fraction of sp³-hybridized carbons (Fsp3) is 0.632. The normalized spacial score (nSPS) is 18.7. The maximum atomic E-state index is 11.5. The summed E-state index contributed by atoms with van der Waals surface area (Å²) in [4.78, 5) is 11.5. The number of hydrogen-bond donors (Lipinski definition) is 2. The number of rotatable bonds is 10. The maximum absolute atomic E-state index is 11.5. The third-order valence-electron chi connectivity index (χ3n) is 4.63. The Kier molecular flexibility index (Phi) is 8.50. The van der Waals surface area contributed by atoms with Crippen molar-refractivity contribution >= 4 is 27.6 Å². The van der Waals surface area contributed by atoms with Crippen LogP contribution >= 0.6 is 21.6 Å². The van der Waals surface area contributed by atoms with Gasteiger partial charge in [-0.15, -0.1) is 0 Å². The van der Waals surface area contributed by atoms with Crippen molar-refractivity contribution in [3.8, 4) is 0 Å². The highest BCUT2D eigenvalue weighted by Crippen LogP contribution is 2.39. The lowest BCUT2D eigenvalue weighted by atomic mass is 10.0. The molecule has 5 heteroatoms. The highest BCUT2D eigenvalue weighted by atomic mass is 33.1. The monoisotopic (exact) mass is 367 g/mol. The molecule has 0 aromatic heterocycles. The molecule has 0 amide bonds. The summed E-state index contributed by atoms with van der Waals surface area (Å²) in [6.45, 7) is 4.94. The molecule has 0 aliphatic carbocycles. The zero-order valence-electron chi connectivity index (χ0n) is 14.7. The summed E-state index contributed by atoms with van der Waals surface area (Å²) in [6.07, 6.45) is 6.71. The molecule has 1 fully saturated rings. The molecule has 1 aromatic rings. The van der Waals surface area contributed by atoms with E-state index in [1.54, 1.807) is 0 Å². The van der Waals surface area contributed by atoms with E-state index >= 15 is 0 Å². The Morgan fingerprint density at radius 1 is 1.29 bits per heavy atom. The number of carboxylic acids is 1. The molecule has 24 heavy (non-hydrogen) atoms. The van der Waals surface area contributed by atoms with Crippen LogP contribution in [0.15, 0.2) is 18.2 Å². The van der Waals surface area contributed by atoms with Gasteiger partial charge < -0.3 is 10.4 Å². The van der Waals surface area contributed by atoms with Crippen LogP contribution in [-0.4, -0.2) is 34.7 Å². The van der Waals surface area contributed by atoms with Gasteiger partial charge in [0.2, 0.25) is 0 Å². The minimum atomic E-state index is -0.757. The van der Waals surface area contributed by atoms with Crippen molar-refractivity contribution in [1.29, 1.82) is 0 Å². The molecule has 1 aliphatic rings. The molecule has 2 atom stereocenters. The third-order valence-corrected chi connectivity index (χ3v) is 7.64. The van der Waals surface area contributed by atoms with Crippen molar-refractivity contribution in [1.82, 2.24) is 5.32 Å². The fourth-order valence-electron chi connectivity index (χ4n) is 2.93. The van der Waals surface area contributed by atoms with Gasteiger partial charge in [0.25, 0.3) is 0 Å². The first-order valence-corrected chi connectivity index (χ1v) is 11.2. The Bertz CT molecular complexity index is 530. The number of aliphatic carboxylic acids is 1. The minimum Gasteiger partial charge on any atom is -0.480 e. The van der Waals surface area contributed by atoms with Crippen LogP contribution in [0, 0.1) is 13.8 Å². The number of benzene rings is 1. The third kappa shape index (κ3) is 6.69. The first-order valence-electron chi connectivity index (χ1n) is 8.87. The second-order valence-corrected chi connectivity index (χ2v) is 9.43. The van der Waals surface area contributed by atoms with Gasteiger partial charge >= 0.3 is 5.97 Å². The summed E-state index contributed by atoms with van der Waals surface area (Å²) in [5.74, 6) is 0.544. The van der Waals surface area contributed by atoms with E-state index < -0.39 is 12.0 Å². The molecule has 1 heterocycles. The predicted molar refractivity (Wildman–Crippen MR) is 106 cm³/mol. The SMILES string of the molecule is Cc1ccc(C[C@H](NCCCCC[C@@H]2CCSS2)C(=O)O)cc1C. The van der Waals surface area contributed by atoms with Crippen LogP contribution in [0.3, 0.4) is 0 Å². The molecule has 0 saturated carbocycles. The molecule has 1 saturated heterocycles.